The molecule has 5 rings (SSSR count). The van der Waals surface area contributed by atoms with Crippen LogP contribution in [0.4, 0.5) is 10.2 Å². The first-order chi connectivity index (χ1) is 13.9. The third-order valence-corrected chi connectivity index (χ3v) is 6.47. The number of nitrogen functional groups attached to an aromatic ring is 1. The van der Waals surface area contributed by atoms with Crippen LogP contribution in [-0.2, 0) is 0 Å². The van der Waals surface area contributed by atoms with Gasteiger partial charge in [-0.2, -0.15) is 4.68 Å². The predicted molar refractivity (Wildman–Crippen MR) is 109 cm³/mol. The van der Waals surface area contributed by atoms with Gasteiger partial charge in [0.25, 0.3) is 5.56 Å². The number of nitrogens with zero attached hydrogens (tertiary/aromatic N) is 4. The van der Waals surface area contributed by atoms with E-state index in [1.165, 1.54) is 4.57 Å². The first-order valence-corrected chi connectivity index (χ1v) is 10.4. The standard InChI is InChI=1S/C18H22FN5O3.C2H6/c19-13-7-12-14(23(11-1-2-11)17(27)24(20)16(12)26)21-15(13)22-6-3-10(8-25)18(9-22)4-5-18;1-2/h7,10-11,25H,1-6,8-9,20H2;1-2H3. The van der Waals surface area contributed by atoms with E-state index in [4.69, 9.17) is 5.84 Å². The van der Waals surface area contributed by atoms with Crippen molar-refractivity contribution in [2.45, 2.75) is 52.0 Å². The van der Waals surface area contributed by atoms with E-state index < -0.39 is 17.1 Å². The molecule has 0 amide bonds. The number of aliphatic hydroxyl groups is 1. The summed E-state index contributed by atoms with van der Waals surface area (Å²) in [5.74, 6) is 5.44. The second kappa shape index (κ2) is 7.12. The summed E-state index contributed by atoms with van der Waals surface area (Å²) < 4.78 is 16.8. The minimum absolute atomic E-state index is 0.0247. The van der Waals surface area contributed by atoms with Gasteiger partial charge in [-0.05, 0) is 49.5 Å². The summed E-state index contributed by atoms with van der Waals surface area (Å²) in [5, 5.41) is 9.64. The Morgan fingerprint density at radius 2 is 1.97 bits per heavy atom. The second-order valence-corrected chi connectivity index (χ2v) is 8.18. The number of hydrogen-bond donors (Lipinski definition) is 2. The molecule has 2 aromatic heterocycles. The van der Waals surface area contributed by atoms with Crippen LogP contribution in [0.1, 0.15) is 52.0 Å². The lowest BCUT2D eigenvalue weighted by atomic mass is 9.83. The molecule has 3 fully saturated rings. The fourth-order valence-electron chi connectivity index (χ4n) is 4.52. The van der Waals surface area contributed by atoms with Crippen LogP contribution in [0.15, 0.2) is 15.7 Å². The first kappa shape index (κ1) is 19.9. The molecule has 8 nitrogen and oxygen atoms in total. The number of halogens is 1. The molecule has 158 valence electrons. The molecule has 3 aliphatic rings. The van der Waals surface area contributed by atoms with Gasteiger partial charge < -0.3 is 15.8 Å². The van der Waals surface area contributed by atoms with Gasteiger partial charge in [0.2, 0.25) is 0 Å². The van der Waals surface area contributed by atoms with Crippen molar-refractivity contribution < 1.29 is 9.50 Å². The van der Waals surface area contributed by atoms with Crippen molar-refractivity contribution in [2.24, 2.45) is 11.3 Å². The average molecular weight is 405 g/mol. The Balaban J connectivity index is 0.000000994. The van der Waals surface area contributed by atoms with Crippen LogP contribution in [-0.4, -0.2) is 39.0 Å². The highest BCUT2D eigenvalue weighted by molar-refractivity contribution is 5.77. The van der Waals surface area contributed by atoms with Gasteiger partial charge in [0, 0.05) is 25.7 Å². The van der Waals surface area contributed by atoms with Gasteiger partial charge in [0.15, 0.2) is 17.3 Å². The molecule has 0 aromatic carbocycles. The number of aliphatic hydroxyl groups excluding tert-OH is 1. The molecule has 2 aliphatic carbocycles. The predicted octanol–water partition coefficient (Wildman–Crippen LogP) is 1.37. The molecule has 1 saturated heterocycles. The van der Waals surface area contributed by atoms with E-state index in [1.54, 1.807) is 0 Å². The van der Waals surface area contributed by atoms with E-state index in [-0.39, 0.29) is 40.8 Å². The molecule has 0 radical (unpaired) electrons. The highest BCUT2D eigenvalue weighted by Gasteiger charge is 2.52. The normalized spacial score (nSPS) is 22.5. The molecular formula is C20H28FN5O3. The van der Waals surface area contributed by atoms with Crippen molar-refractivity contribution in [2.75, 3.05) is 30.4 Å². The number of anilines is 1. The first-order valence-electron chi connectivity index (χ1n) is 10.4. The van der Waals surface area contributed by atoms with E-state index in [2.05, 4.69) is 4.98 Å². The average Bonchev–Trinajstić information content (AvgIpc) is 3.66. The van der Waals surface area contributed by atoms with Gasteiger partial charge >= 0.3 is 5.69 Å². The molecule has 1 unspecified atom stereocenters. The summed E-state index contributed by atoms with van der Waals surface area (Å²) in [5.41, 5.74) is -1.10. The van der Waals surface area contributed by atoms with Gasteiger partial charge in [-0.1, -0.05) is 13.8 Å². The minimum atomic E-state index is -0.734. The molecule has 0 bridgehead atoms. The van der Waals surface area contributed by atoms with Crippen LogP contribution in [0.25, 0.3) is 11.0 Å². The minimum Gasteiger partial charge on any atom is -0.396 e. The number of piperidine rings is 1. The van der Waals surface area contributed by atoms with Crippen molar-refractivity contribution in [3.05, 3.63) is 32.7 Å². The van der Waals surface area contributed by atoms with Gasteiger partial charge in [0.1, 0.15) is 0 Å². The van der Waals surface area contributed by atoms with Crippen molar-refractivity contribution in [3.8, 4) is 0 Å². The van der Waals surface area contributed by atoms with Crippen LogP contribution >= 0.6 is 0 Å². The topological polar surface area (TPSA) is 106 Å². The third kappa shape index (κ3) is 3.11. The summed E-state index contributed by atoms with van der Waals surface area (Å²) in [6, 6.07) is 1.11. The van der Waals surface area contributed by atoms with Gasteiger partial charge in [-0.3, -0.25) is 9.36 Å². The summed E-state index contributed by atoms with van der Waals surface area (Å²) >= 11 is 0. The number of nitrogens with two attached hydrogens (primary N) is 1. The number of fused-ring (bicyclic) bond motifs is 1. The maximum atomic E-state index is 14.9. The Bertz CT molecular complexity index is 1050. The van der Waals surface area contributed by atoms with E-state index in [0.29, 0.717) is 17.8 Å². The number of aromatic nitrogens is 3. The zero-order valence-corrected chi connectivity index (χ0v) is 16.9. The summed E-state index contributed by atoms with van der Waals surface area (Å²) in [6.07, 6.45) is 4.44. The largest absolute Gasteiger partial charge is 0.396 e. The van der Waals surface area contributed by atoms with Crippen LogP contribution in [0.3, 0.4) is 0 Å². The maximum Gasteiger partial charge on any atom is 0.351 e. The monoisotopic (exact) mass is 405 g/mol. The van der Waals surface area contributed by atoms with Gasteiger partial charge in [-0.15, -0.1) is 0 Å². The van der Waals surface area contributed by atoms with Crippen molar-refractivity contribution in [1.29, 1.82) is 0 Å². The Morgan fingerprint density at radius 3 is 2.55 bits per heavy atom. The Labute approximate surface area is 167 Å². The maximum absolute atomic E-state index is 14.9. The molecule has 1 aliphatic heterocycles. The molecule has 2 aromatic rings. The van der Waals surface area contributed by atoms with Crippen LogP contribution in [0, 0.1) is 17.2 Å². The highest BCUT2D eigenvalue weighted by Crippen LogP contribution is 2.56. The zero-order chi connectivity index (χ0) is 20.9. The van der Waals surface area contributed by atoms with Gasteiger partial charge in [0.05, 0.1) is 5.39 Å². The van der Waals surface area contributed by atoms with Crippen molar-refractivity contribution >= 4 is 16.9 Å². The van der Waals surface area contributed by atoms with Crippen molar-refractivity contribution in [1.82, 2.24) is 14.2 Å². The summed E-state index contributed by atoms with van der Waals surface area (Å²) in [4.78, 5) is 31.2. The molecule has 29 heavy (non-hydrogen) atoms. The zero-order valence-electron chi connectivity index (χ0n) is 16.9. The van der Waals surface area contributed by atoms with Crippen molar-refractivity contribution in [3.63, 3.8) is 0 Å². The Morgan fingerprint density at radius 1 is 1.28 bits per heavy atom. The number of rotatable bonds is 3. The molecule has 3 heterocycles. The Hall–Kier alpha value is -2.42. The van der Waals surface area contributed by atoms with Crippen LogP contribution in [0.2, 0.25) is 0 Å². The van der Waals surface area contributed by atoms with E-state index in [9.17, 15) is 19.1 Å². The Kier molecular flexibility index (Phi) is 4.88. The molecular weight excluding hydrogens is 377 g/mol. The number of pyridine rings is 1. The van der Waals surface area contributed by atoms with Crippen LogP contribution < -0.4 is 22.0 Å². The fourth-order valence-corrected chi connectivity index (χ4v) is 4.52. The highest BCUT2D eigenvalue weighted by atomic mass is 19.1. The quantitative estimate of drug-likeness (QED) is 0.747. The molecule has 1 atom stereocenters. The second-order valence-electron chi connectivity index (χ2n) is 8.18. The molecule has 9 heteroatoms. The lowest BCUT2D eigenvalue weighted by Crippen LogP contribution is -2.46. The molecule has 2 saturated carbocycles. The van der Waals surface area contributed by atoms with Crippen LogP contribution in [0.5, 0.6) is 0 Å². The SMILES string of the molecule is CC.Nn1c(=O)c2cc(F)c(N3CCC(CO)C4(CC4)C3)nc2n(C2CC2)c1=O. The van der Waals surface area contributed by atoms with E-state index in [1.807, 2.05) is 18.7 Å². The van der Waals surface area contributed by atoms with Gasteiger partial charge in [-0.25, -0.2) is 14.2 Å². The molecule has 1 spiro atoms. The van der Waals surface area contributed by atoms with E-state index in [0.717, 1.165) is 38.2 Å². The van der Waals surface area contributed by atoms with E-state index >= 15 is 0 Å². The number of hydrogen-bond acceptors (Lipinski definition) is 6. The summed E-state index contributed by atoms with van der Waals surface area (Å²) in [6.45, 7) is 5.37. The lowest BCUT2D eigenvalue weighted by Gasteiger charge is -2.39. The summed E-state index contributed by atoms with van der Waals surface area (Å²) in [7, 11) is 0. The third-order valence-electron chi connectivity index (χ3n) is 6.47. The fraction of sp³-hybridized carbons (Fsp3) is 0.650. The smallest absolute Gasteiger partial charge is 0.351 e. The molecule has 3 N–H and O–H groups in total. The lowest BCUT2D eigenvalue weighted by molar-refractivity contribution is 0.140.